The number of hydrogen-bond donors (Lipinski definition) is 1. The maximum Gasteiger partial charge on any atom is 0.169 e. The Balaban J connectivity index is 2.09. The first-order valence-corrected chi connectivity index (χ1v) is 7.41. The highest BCUT2D eigenvalue weighted by Gasteiger charge is 2.07. The van der Waals surface area contributed by atoms with E-state index in [-0.39, 0.29) is 0 Å². The van der Waals surface area contributed by atoms with Crippen molar-refractivity contribution in [3.8, 4) is 5.75 Å². The zero-order chi connectivity index (χ0) is 14.9. The van der Waals surface area contributed by atoms with Gasteiger partial charge in [0.05, 0.1) is 12.9 Å². The van der Waals surface area contributed by atoms with Gasteiger partial charge in [-0.25, -0.2) is 0 Å². The summed E-state index contributed by atoms with van der Waals surface area (Å²) < 4.78 is 10.9. The van der Waals surface area contributed by atoms with Gasteiger partial charge in [0.1, 0.15) is 5.75 Å². The first kappa shape index (κ1) is 15.2. The maximum absolute atomic E-state index is 5.44. The average Bonchev–Trinajstić information content (AvgIpc) is 3.03. The van der Waals surface area contributed by atoms with Crippen LogP contribution in [0, 0.1) is 0 Å². The lowest BCUT2D eigenvalue weighted by Gasteiger charge is -2.09. The highest BCUT2D eigenvalue weighted by Crippen LogP contribution is 2.17. The smallest absolute Gasteiger partial charge is 0.169 e. The van der Waals surface area contributed by atoms with Crippen molar-refractivity contribution in [3.63, 3.8) is 0 Å². The fraction of sp³-hybridized carbons (Fsp3) is 0.353. The number of amidine groups is 1. The summed E-state index contributed by atoms with van der Waals surface area (Å²) in [5, 5.41) is 3.31. The molecule has 21 heavy (non-hydrogen) atoms. The van der Waals surface area contributed by atoms with E-state index in [9.17, 15) is 0 Å². The monoisotopic (exact) mass is 286 g/mol. The van der Waals surface area contributed by atoms with Crippen molar-refractivity contribution in [3.05, 3.63) is 48.4 Å². The van der Waals surface area contributed by atoms with E-state index in [1.807, 2.05) is 43.3 Å². The topological polar surface area (TPSA) is 46.8 Å². The van der Waals surface area contributed by atoms with Crippen LogP contribution in [0.15, 0.2) is 52.1 Å². The van der Waals surface area contributed by atoms with Crippen molar-refractivity contribution in [1.29, 1.82) is 0 Å². The Labute approximate surface area is 125 Å². The molecule has 4 heteroatoms. The van der Waals surface area contributed by atoms with E-state index in [0.29, 0.717) is 6.61 Å². The zero-order valence-electron chi connectivity index (χ0n) is 12.6. The second kappa shape index (κ2) is 8.15. The van der Waals surface area contributed by atoms with E-state index in [1.54, 1.807) is 6.26 Å². The van der Waals surface area contributed by atoms with E-state index in [2.05, 4.69) is 17.2 Å². The molecule has 0 atom stereocenters. The van der Waals surface area contributed by atoms with Crippen LogP contribution in [0.1, 0.15) is 32.4 Å². The second-order valence-electron chi connectivity index (χ2n) is 4.64. The Hall–Kier alpha value is -2.23. The summed E-state index contributed by atoms with van der Waals surface area (Å²) in [7, 11) is 0. The molecule has 0 bridgehead atoms. The molecule has 0 saturated carbocycles. The number of rotatable bonds is 7. The van der Waals surface area contributed by atoms with Gasteiger partial charge in [-0.1, -0.05) is 13.3 Å². The summed E-state index contributed by atoms with van der Waals surface area (Å²) in [5.41, 5.74) is 0.963. The van der Waals surface area contributed by atoms with Crippen molar-refractivity contribution >= 4 is 11.5 Å². The predicted octanol–water partition coefficient (Wildman–Crippen LogP) is 4.34. The molecular formula is C17H22N2O2. The van der Waals surface area contributed by atoms with Gasteiger partial charge in [0.15, 0.2) is 11.6 Å². The molecule has 0 spiro atoms. The third kappa shape index (κ3) is 4.67. The molecule has 0 unspecified atom stereocenters. The van der Waals surface area contributed by atoms with Crippen LogP contribution in [0.3, 0.4) is 0 Å². The first-order valence-electron chi connectivity index (χ1n) is 7.41. The molecule has 112 valence electrons. The molecule has 0 amide bonds. The standard InChI is InChI=1S/C17H22N2O2/c1-3-5-12-18-17(16-7-6-13-21-16)19-14-8-10-15(11-9-14)20-4-2/h6-11,13H,3-5,12H2,1-2H3,(H,18,19). The molecule has 0 radical (unpaired) electrons. The van der Waals surface area contributed by atoms with Gasteiger partial charge in [0, 0.05) is 12.2 Å². The minimum Gasteiger partial charge on any atom is -0.494 e. The van der Waals surface area contributed by atoms with Crippen molar-refractivity contribution < 1.29 is 9.15 Å². The van der Waals surface area contributed by atoms with Gasteiger partial charge in [0.25, 0.3) is 0 Å². The minimum absolute atomic E-state index is 0.670. The average molecular weight is 286 g/mol. The summed E-state index contributed by atoms with van der Waals surface area (Å²) in [5.74, 6) is 2.38. The third-order valence-corrected chi connectivity index (χ3v) is 2.96. The fourth-order valence-electron chi connectivity index (χ4n) is 1.88. The van der Waals surface area contributed by atoms with Gasteiger partial charge in [0.2, 0.25) is 0 Å². The number of nitrogens with one attached hydrogen (secondary N) is 1. The Morgan fingerprint density at radius 1 is 1.19 bits per heavy atom. The van der Waals surface area contributed by atoms with Crippen molar-refractivity contribution in [2.45, 2.75) is 26.7 Å². The number of hydrogen-bond acceptors (Lipinski definition) is 3. The van der Waals surface area contributed by atoms with Crippen molar-refractivity contribution in [2.75, 3.05) is 18.5 Å². The number of aliphatic imine (C=N–C) groups is 1. The summed E-state index contributed by atoms with van der Waals surface area (Å²) in [4.78, 5) is 4.59. The SMILES string of the molecule is CCCCN=C(Nc1ccc(OCC)cc1)c1ccco1. The van der Waals surface area contributed by atoms with E-state index in [4.69, 9.17) is 9.15 Å². The van der Waals surface area contributed by atoms with Gasteiger partial charge >= 0.3 is 0 Å². The van der Waals surface area contributed by atoms with E-state index in [0.717, 1.165) is 42.4 Å². The van der Waals surface area contributed by atoms with Crippen LogP contribution in [0.2, 0.25) is 0 Å². The largest absolute Gasteiger partial charge is 0.494 e. The molecule has 0 aliphatic rings. The Morgan fingerprint density at radius 3 is 2.62 bits per heavy atom. The number of furan rings is 1. The van der Waals surface area contributed by atoms with Gasteiger partial charge in [-0.15, -0.1) is 0 Å². The van der Waals surface area contributed by atoms with Gasteiger partial charge in [-0.3, -0.25) is 4.99 Å². The van der Waals surface area contributed by atoms with Crippen LogP contribution in [0.4, 0.5) is 5.69 Å². The van der Waals surface area contributed by atoms with Crippen molar-refractivity contribution in [1.82, 2.24) is 0 Å². The van der Waals surface area contributed by atoms with Gasteiger partial charge in [-0.2, -0.15) is 0 Å². The van der Waals surface area contributed by atoms with Crippen LogP contribution in [-0.2, 0) is 0 Å². The fourth-order valence-corrected chi connectivity index (χ4v) is 1.88. The highest BCUT2D eigenvalue weighted by atomic mass is 16.5. The first-order chi connectivity index (χ1) is 10.3. The highest BCUT2D eigenvalue weighted by molar-refractivity contribution is 6.06. The minimum atomic E-state index is 0.670. The molecular weight excluding hydrogens is 264 g/mol. The van der Waals surface area contributed by atoms with E-state index >= 15 is 0 Å². The molecule has 1 aromatic carbocycles. The quantitative estimate of drug-likeness (QED) is 0.468. The molecule has 0 aliphatic carbocycles. The lowest BCUT2D eigenvalue weighted by Crippen LogP contribution is -2.13. The number of benzene rings is 1. The Morgan fingerprint density at radius 2 is 2.00 bits per heavy atom. The Kier molecular flexibility index (Phi) is 5.88. The Bertz CT molecular complexity index is 545. The van der Waals surface area contributed by atoms with Crippen LogP contribution in [-0.4, -0.2) is 19.0 Å². The molecule has 2 rings (SSSR count). The molecule has 1 heterocycles. The second-order valence-corrected chi connectivity index (χ2v) is 4.64. The zero-order valence-corrected chi connectivity index (χ0v) is 12.6. The lowest BCUT2D eigenvalue weighted by atomic mass is 10.3. The maximum atomic E-state index is 5.44. The normalized spacial score (nSPS) is 11.4. The summed E-state index contributed by atoms with van der Waals surface area (Å²) in [6.45, 7) is 5.59. The molecule has 1 aromatic heterocycles. The van der Waals surface area contributed by atoms with Gasteiger partial charge in [-0.05, 0) is 49.7 Å². The number of nitrogens with zero attached hydrogens (tertiary/aromatic N) is 1. The van der Waals surface area contributed by atoms with Crippen LogP contribution >= 0.6 is 0 Å². The van der Waals surface area contributed by atoms with Crippen LogP contribution in [0.5, 0.6) is 5.75 Å². The molecule has 4 nitrogen and oxygen atoms in total. The summed E-state index contributed by atoms with van der Waals surface area (Å²) in [6, 6.07) is 11.6. The summed E-state index contributed by atoms with van der Waals surface area (Å²) >= 11 is 0. The number of unbranched alkanes of at least 4 members (excludes halogenated alkanes) is 1. The van der Waals surface area contributed by atoms with Gasteiger partial charge < -0.3 is 14.5 Å². The number of ether oxygens (including phenoxy) is 1. The number of anilines is 1. The van der Waals surface area contributed by atoms with E-state index < -0.39 is 0 Å². The molecule has 2 aromatic rings. The predicted molar refractivity (Wildman–Crippen MR) is 86.3 cm³/mol. The van der Waals surface area contributed by atoms with Crippen LogP contribution in [0.25, 0.3) is 0 Å². The lowest BCUT2D eigenvalue weighted by molar-refractivity contribution is 0.340. The molecule has 0 aliphatic heterocycles. The third-order valence-electron chi connectivity index (χ3n) is 2.96. The van der Waals surface area contributed by atoms with E-state index in [1.165, 1.54) is 0 Å². The molecule has 0 saturated heterocycles. The molecule has 0 fully saturated rings. The summed E-state index contributed by atoms with van der Waals surface area (Å²) in [6.07, 6.45) is 3.84. The van der Waals surface area contributed by atoms with Crippen LogP contribution < -0.4 is 10.1 Å². The molecule has 1 N–H and O–H groups in total. The van der Waals surface area contributed by atoms with Crippen molar-refractivity contribution in [2.24, 2.45) is 4.99 Å².